The number of aromatic amines is 1. The first kappa shape index (κ1) is 31.4. The number of aromatic nitrogens is 2. The maximum atomic E-state index is 13.2. The van der Waals surface area contributed by atoms with Gasteiger partial charge in [0, 0.05) is 31.2 Å². The van der Waals surface area contributed by atoms with E-state index in [0.29, 0.717) is 32.0 Å². The molecule has 2 aliphatic heterocycles. The third-order valence-corrected chi connectivity index (χ3v) is 9.15. The van der Waals surface area contributed by atoms with Gasteiger partial charge in [0.25, 0.3) is 0 Å². The van der Waals surface area contributed by atoms with Crippen LogP contribution in [0.3, 0.4) is 0 Å². The number of rotatable bonds is 7. The topological polar surface area (TPSA) is 95.1 Å². The first-order chi connectivity index (χ1) is 21.2. The van der Waals surface area contributed by atoms with Crippen LogP contribution in [0.5, 0.6) is 5.75 Å². The van der Waals surface area contributed by atoms with Crippen LogP contribution in [0.1, 0.15) is 79.2 Å². The number of hydrogen-bond donors (Lipinski definition) is 1. The van der Waals surface area contributed by atoms with E-state index in [1.807, 2.05) is 33.8 Å². The lowest BCUT2D eigenvalue weighted by Gasteiger charge is -2.32. The molecule has 3 aromatic carbocycles. The van der Waals surface area contributed by atoms with Crippen molar-refractivity contribution in [2.24, 2.45) is 0 Å². The second-order valence-electron chi connectivity index (χ2n) is 14.1. The van der Waals surface area contributed by atoms with Crippen molar-refractivity contribution in [2.45, 2.75) is 91.3 Å². The fourth-order valence-corrected chi connectivity index (χ4v) is 5.94. The van der Waals surface area contributed by atoms with Crippen LogP contribution in [0.25, 0.3) is 32.9 Å². The molecule has 0 saturated carbocycles. The van der Waals surface area contributed by atoms with Gasteiger partial charge in [-0.2, -0.15) is 0 Å². The van der Waals surface area contributed by atoms with Crippen molar-refractivity contribution < 1.29 is 28.3 Å². The molecular weight excluding hydrogens is 569 g/mol. The fourth-order valence-electron chi connectivity index (χ4n) is 5.94. The first-order valence-corrected chi connectivity index (χ1v) is 15.7. The van der Waals surface area contributed by atoms with E-state index < -0.39 is 23.9 Å². The van der Waals surface area contributed by atoms with Gasteiger partial charge in [0.2, 0.25) is 0 Å². The number of nitrogens with one attached hydrogen (secondary N) is 1. The Kier molecular flexibility index (Phi) is 7.91. The highest BCUT2D eigenvalue weighted by Crippen LogP contribution is 2.42. The SMILES string of the molecule is COCCCN(C(=O)OC(C)(C)C)C(C)c1nc2c(ccc3cc4c(cc32)OCc2cc(B3OC(C)(C)C(C)(C)O3)ccc2-4)[nH]1. The second-order valence-corrected chi connectivity index (χ2v) is 14.1. The van der Waals surface area contributed by atoms with Gasteiger partial charge < -0.3 is 28.5 Å². The summed E-state index contributed by atoms with van der Waals surface area (Å²) in [4.78, 5) is 23.4. The molecule has 238 valence electrons. The van der Waals surface area contributed by atoms with Crippen LogP contribution in [0.15, 0.2) is 42.5 Å². The summed E-state index contributed by atoms with van der Waals surface area (Å²) >= 11 is 0. The summed E-state index contributed by atoms with van der Waals surface area (Å²) in [6.45, 7) is 17.3. The summed E-state index contributed by atoms with van der Waals surface area (Å²) in [5.41, 5.74) is 4.60. The zero-order valence-corrected chi connectivity index (χ0v) is 27.9. The predicted octanol–water partition coefficient (Wildman–Crippen LogP) is 6.91. The van der Waals surface area contributed by atoms with Gasteiger partial charge in [0.15, 0.2) is 0 Å². The first-order valence-electron chi connectivity index (χ1n) is 15.7. The van der Waals surface area contributed by atoms with Gasteiger partial charge in [0.05, 0.1) is 28.3 Å². The van der Waals surface area contributed by atoms with E-state index in [-0.39, 0.29) is 12.1 Å². The van der Waals surface area contributed by atoms with Crippen molar-refractivity contribution in [2.75, 3.05) is 20.3 Å². The van der Waals surface area contributed by atoms with Crippen LogP contribution < -0.4 is 10.2 Å². The van der Waals surface area contributed by atoms with Crippen LogP contribution in [-0.4, -0.2) is 65.1 Å². The molecule has 10 heteroatoms. The molecule has 1 fully saturated rings. The van der Waals surface area contributed by atoms with Crippen LogP contribution in [-0.2, 0) is 25.4 Å². The Hall–Kier alpha value is -3.60. The second kappa shape index (κ2) is 11.3. The molecule has 45 heavy (non-hydrogen) atoms. The lowest BCUT2D eigenvalue weighted by Crippen LogP contribution is -2.41. The van der Waals surface area contributed by atoms with E-state index in [2.05, 4.69) is 69.1 Å². The van der Waals surface area contributed by atoms with Gasteiger partial charge in [-0.05, 0) is 102 Å². The minimum Gasteiger partial charge on any atom is -0.488 e. The highest BCUT2D eigenvalue weighted by atomic mass is 16.7. The van der Waals surface area contributed by atoms with Crippen molar-refractivity contribution in [1.82, 2.24) is 14.9 Å². The van der Waals surface area contributed by atoms with E-state index in [1.54, 1.807) is 12.0 Å². The number of methoxy groups -OCH3 is 1. The number of carbonyl (C=O) groups is 1. The van der Waals surface area contributed by atoms with Gasteiger partial charge in [0.1, 0.15) is 23.8 Å². The third-order valence-electron chi connectivity index (χ3n) is 9.15. The lowest BCUT2D eigenvalue weighted by atomic mass is 9.77. The smallest absolute Gasteiger partial charge is 0.488 e. The molecule has 1 aromatic heterocycles. The molecule has 2 aliphatic rings. The highest BCUT2D eigenvalue weighted by Gasteiger charge is 2.51. The molecule has 4 aromatic rings. The number of carbonyl (C=O) groups excluding carboxylic acids is 1. The monoisotopic (exact) mass is 613 g/mol. The molecule has 1 N–H and O–H groups in total. The Morgan fingerprint density at radius 1 is 1.07 bits per heavy atom. The van der Waals surface area contributed by atoms with E-state index in [0.717, 1.165) is 49.7 Å². The molecule has 3 heterocycles. The van der Waals surface area contributed by atoms with Gasteiger partial charge in [-0.15, -0.1) is 0 Å². The van der Waals surface area contributed by atoms with Crippen molar-refractivity contribution in [1.29, 1.82) is 0 Å². The Labute approximate surface area is 265 Å². The summed E-state index contributed by atoms with van der Waals surface area (Å²) < 4.78 is 29.9. The lowest BCUT2D eigenvalue weighted by molar-refractivity contribution is 0.00578. The molecule has 0 aliphatic carbocycles. The minimum absolute atomic E-state index is 0.335. The number of fused-ring (bicyclic) bond motifs is 6. The van der Waals surface area contributed by atoms with Crippen LogP contribution in [0.2, 0.25) is 0 Å². The number of benzene rings is 3. The standard InChI is InChI=1S/C35H44BN3O6/c1-21(39(15-10-16-41-9)32(40)43-33(2,3)4)31-37-28-14-11-22-18-27-25-13-12-24(36-44-34(5,6)35(7,8)45-36)17-23(25)20-42-29(27)19-26(22)30(28)38-31/h11-14,17-19,21H,10,15-16,20H2,1-9H3,(H,37,38). The average molecular weight is 614 g/mol. The molecule has 0 spiro atoms. The maximum Gasteiger partial charge on any atom is 0.494 e. The van der Waals surface area contributed by atoms with Gasteiger partial charge >= 0.3 is 13.2 Å². The van der Waals surface area contributed by atoms with Gasteiger partial charge in [-0.25, -0.2) is 9.78 Å². The maximum absolute atomic E-state index is 13.2. The Balaban J connectivity index is 1.32. The number of hydrogen-bond acceptors (Lipinski definition) is 7. The van der Waals surface area contributed by atoms with E-state index in [4.69, 9.17) is 28.5 Å². The number of amides is 1. The summed E-state index contributed by atoms with van der Waals surface area (Å²) in [5.74, 6) is 1.51. The summed E-state index contributed by atoms with van der Waals surface area (Å²) in [6.07, 6.45) is 0.311. The zero-order valence-electron chi connectivity index (χ0n) is 27.9. The highest BCUT2D eigenvalue weighted by molar-refractivity contribution is 6.62. The van der Waals surface area contributed by atoms with Crippen LogP contribution in [0.4, 0.5) is 4.79 Å². The quantitative estimate of drug-likeness (QED) is 0.179. The summed E-state index contributed by atoms with van der Waals surface area (Å²) in [7, 11) is 1.24. The Bertz CT molecular complexity index is 1740. The number of imidazole rings is 1. The number of nitrogens with zero attached hydrogens (tertiary/aromatic N) is 2. The summed E-state index contributed by atoms with van der Waals surface area (Å²) in [5, 5.41) is 2.05. The molecule has 0 bridgehead atoms. The molecule has 0 radical (unpaired) electrons. The largest absolute Gasteiger partial charge is 0.494 e. The van der Waals surface area contributed by atoms with Crippen molar-refractivity contribution in [3.63, 3.8) is 0 Å². The van der Waals surface area contributed by atoms with Crippen molar-refractivity contribution in [3.8, 4) is 16.9 Å². The van der Waals surface area contributed by atoms with E-state index in [1.165, 1.54) is 0 Å². The fraction of sp³-hybridized carbons (Fsp3) is 0.486. The van der Waals surface area contributed by atoms with Gasteiger partial charge in [-0.3, -0.25) is 4.90 Å². The molecule has 1 unspecified atom stereocenters. The molecular formula is C35H44BN3O6. The molecule has 6 rings (SSSR count). The minimum atomic E-state index is -0.606. The Morgan fingerprint density at radius 2 is 1.80 bits per heavy atom. The number of ether oxygens (including phenoxy) is 3. The van der Waals surface area contributed by atoms with E-state index in [9.17, 15) is 4.79 Å². The van der Waals surface area contributed by atoms with Crippen molar-refractivity contribution in [3.05, 3.63) is 53.9 Å². The molecule has 1 saturated heterocycles. The zero-order chi connectivity index (χ0) is 32.3. The number of H-pyrrole nitrogens is 1. The average Bonchev–Trinajstić information content (AvgIpc) is 3.50. The van der Waals surface area contributed by atoms with Crippen molar-refractivity contribution >= 4 is 40.5 Å². The van der Waals surface area contributed by atoms with Gasteiger partial charge in [-0.1, -0.05) is 24.3 Å². The molecule has 1 amide bonds. The molecule has 9 nitrogen and oxygen atoms in total. The van der Waals surface area contributed by atoms with E-state index >= 15 is 0 Å². The van der Waals surface area contributed by atoms with Crippen LogP contribution >= 0.6 is 0 Å². The normalized spacial score (nSPS) is 17.6. The summed E-state index contributed by atoms with van der Waals surface area (Å²) in [6, 6.07) is 14.4. The Morgan fingerprint density at radius 3 is 2.49 bits per heavy atom. The predicted molar refractivity (Wildman–Crippen MR) is 177 cm³/mol. The van der Waals surface area contributed by atoms with Crippen LogP contribution in [0, 0.1) is 0 Å². The molecule has 1 atom stereocenters. The third kappa shape index (κ3) is 5.91.